The van der Waals surface area contributed by atoms with Crippen LogP contribution in [0.15, 0.2) is 140 Å². The Balaban J connectivity index is 1.31. The number of hydrogen-bond donors (Lipinski definition) is 0. The van der Waals surface area contributed by atoms with Gasteiger partial charge in [-0.3, -0.25) is 19.9 Å². The van der Waals surface area contributed by atoms with Crippen LogP contribution >= 0.6 is 0 Å². The van der Waals surface area contributed by atoms with Gasteiger partial charge in [0.1, 0.15) is 5.75 Å². The number of para-hydroxylation sites is 1. The summed E-state index contributed by atoms with van der Waals surface area (Å²) in [6, 6.07) is 47.2. The Morgan fingerprint density at radius 1 is 0.452 bits per heavy atom. The number of rotatable bonds is 10. The molecule has 0 aliphatic carbocycles. The predicted octanol–water partition coefficient (Wildman–Crippen LogP) is 8.08. The molecule has 0 aliphatic heterocycles. The van der Waals surface area contributed by atoms with Crippen LogP contribution in [0.4, 0.5) is 0 Å². The molecule has 3 heterocycles. The number of pyridine rings is 3. The number of benzene rings is 3. The molecule has 5 heteroatoms. The highest BCUT2D eigenvalue weighted by atomic mass is 16.5. The molecule has 0 saturated heterocycles. The van der Waals surface area contributed by atoms with Crippen LogP contribution in [0.3, 0.4) is 0 Å². The van der Waals surface area contributed by atoms with Crippen LogP contribution in [0, 0.1) is 0 Å². The summed E-state index contributed by atoms with van der Waals surface area (Å²) in [5, 5.41) is 0. The van der Waals surface area contributed by atoms with E-state index in [1.807, 2.05) is 66.7 Å². The van der Waals surface area contributed by atoms with E-state index in [1.54, 1.807) is 7.11 Å². The third-order valence-corrected chi connectivity index (χ3v) is 7.10. The van der Waals surface area contributed by atoms with Crippen molar-refractivity contribution in [1.29, 1.82) is 0 Å². The molecule has 0 bridgehead atoms. The SMILES string of the molecule is COc1ccccc1-c1cccc(CN(Cc2cccc(-c3ccccc3)n2)Cc2cccc(-c3ccccc3)n2)n1. The van der Waals surface area contributed by atoms with Crippen LogP contribution in [-0.2, 0) is 19.6 Å². The first-order valence-corrected chi connectivity index (χ1v) is 14.1. The lowest BCUT2D eigenvalue weighted by molar-refractivity contribution is 0.239. The lowest BCUT2D eigenvalue weighted by Gasteiger charge is -2.22. The Labute approximate surface area is 247 Å². The van der Waals surface area contributed by atoms with Gasteiger partial charge < -0.3 is 4.74 Å². The Morgan fingerprint density at radius 2 is 0.881 bits per heavy atom. The van der Waals surface area contributed by atoms with Crippen LogP contribution in [0.5, 0.6) is 5.75 Å². The first-order valence-electron chi connectivity index (χ1n) is 14.1. The van der Waals surface area contributed by atoms with Crippen LogP contribution in [0.25, 0.3) is 33.8 Å². The molecule has 6 rings (SSSR count). The van der Waals surface area contributed by atoms with Crippen molar-refractivity contribution >= 4 is 0 Å². The van der Waals surface area contributed by atoms with Crippen molar-refractivity contribution in [2.75, 3.05) is 7.11 Å². The standard InChI is InChI=1S/C37H32N4O/c1-42-37-24-9-8-20-33(37)36-23-12-19-32(40-36)27-41(25-30-17-10-21-34(38-30)28-13-4-2-5-14-28)26-31-18-11-22-35(39-31)29-15-6-3-7-16-29/h2-24H,25-27H2,1H3. The minimum absolute atomic E-state index is 0.636. The lowest BCUT2D eigenvalue weighted by Crippen LogP contribution is -2.24. The zero-order chi connectivity index (χ0) is 28.6. The number of methoxy groups -OCH3 is 1. The average Bonchev–Trinajstić information content (AvgIpc) is 3.06. The minimum atomic E-state index is 0.636. The molecule has 0 amide bonds. The molecule has 5 nitrogen and oxygen atoms in total. The van der Waals surface area contributed by atoms with Crippen LogP contribution in [0.2, 0.25) is 0 Å². The Morgan fingerprint density at radius 3 is 1.38 bits per heavy atom. The third-order valence-electron chi connectivity index (χ3n) is 7.10. The van der Waals surface area contributed by atoms with Gasteiger partial charge in [0.25, 0.3) is 0 Å². The fraction of sp³-hybridized carbons (Fsp3) is 0.108. The second-order valence-electron chi connectivity index (χ2n) is 10.1. The highest BCUT2D eigenvalue weighted by Gasteiger charge is 2.14. The Kier molecular flexibility index (Phi) is 8.39. The van der Waals surface area contributed by atoms with Crippen molar-refractivity contribution in [2.45, 2.75) is 19.6 Å². The number of hydrogen-bond acceptors (Lipinski definition) is 5. The average molecular weight is 549 g/mol. The van der Waals surface area contributed by atoms with Gasteiger partial charge in [-0.25, -0.2) is 0 Å². The van der Waals surface area contributed by atoms with Crippen molar-refractivity contribution in [3.8, 4) is 39.5 Å². The van der Waals surface area contributed by atoms with Gasteiger partial charge in [0.15, 0.2) is 0 Å². The molecule has 0 aliphatic rings. The molecule has 0 N–H and O–H groups in total. The summed E-state index contributed by atoms with van der Waals surface area (Å²) in [4.78, 5) is 17.4. The van der Waals surface area contributed by atoms with Gasteiger partial charge in [-0.2, -0.15) is 0 Å². The maximum Gasteiger partial charge on any atom is 0.128 e. The van der Waals surface area contributed by atoms with E-state index in [2.05, 4.69) is 77.7 Å². The van der Waals surface area contributed by atoms with Gasteiger partial charge in [-0.05, 0) is 48.5 Å². The maximum atomic E-state index is 5.61. The first kappa shape index (κ1) is 27.1. The molecule has 3 aromatic heterocycles. The maximum absolute atomic E-state index is 5.61. The van der Waals surface area contributed by atoms with Crippen LogP contribution in [0.1, 0.15) is 17.1 Å². The molecule has 6 aromatic rings. The van der Waals surface area contributed by atoms with E-state index >= 15 is 0 Å². The van der Waals surface area contributed by atoms with E-state index < -0.39 is 0 Å². The summed E-state index contributed by atoms with van der Waals surface area (Å²) in [7, 11) is 1.69. The van der Waals surface area contributed by atoms with E-state index in [4.69, 9.17) is 19.7 Å². The van der Waals surface area contributed by atoms with Gasteiger partial charge in [0, 0.05) is 36.3 Å². The summed E-state index contributed by atoms with van der Waals surface area (Å²) in [5.74, 6) is 0.808. The fourth-order valence-corrected chi connectivity index (χ4v) is 5.10. The quantitative estimate of drug-likeness (QED) is 0.173. The second kappa shape index (κ2) is 13.0. The first-order chi connectivity index (χ1) is 20.7. The van der Waals surface area contributed by atoms with Gasteiger partial charge >= 0.3 is 0 Å². The van der Waals surface area contributed by atoms with Gasteiger partial charge in [0.2, 0.25) is 0 Å². The summed E-state index contributed by atoms with van der Waals surface area (Å²) >= 11 is 0. The molecule has 0 spiro atoms. The summed E-state index contributed by atoms with van der Waals surface area (Å²) in [6.07, 6.45) is 0. The van der Waals surface area contributed by atoms with Gasteiger partial charge in [0.05, 0.1) is 41.3 Å². The Bertz CT molecular complexity index is 1670. The van der Waals surface area contributed by atoms with E-state index in [1.165, 1.54) is 0 Å². The van der Waals surface area contributed by atoms with E-state index in [-0.39, 0.29) is 0 Å². The zero-order valence-electron chi connectivity index (χ0n) is 23.6. The Hall–Kier alpha value is -5.13. The summed E-state index contributed by atoms with van der Waals surface area (Å²) in [6.45, 7) is 1.94. The molecule has 3 aromatic carbocycles. The van der Waals surface area contributed by atoms with Gasteiger partial charge in [-0.1, -0.05) is 91.0 Å². The van der Waals surface area contributed by atoms with Crippen molar-refractivity contribution in [3.63, 3.8) is 0 Å². The topological polar surface area (TPSA) is 51.1 Å². The molecular formula is C37H32N4O. The van der Waals surface area contributed by atoms with Gasteiger partial charge in [-0.15, -0.1) is 0 Å². The largest absolute Gasteiger partial charge is 0.496 e. The van der Waals surface area contributed by atoms with E-state index in [0.717, 1.165) is 56.6 Å². The molecule has 206 valence electrons. The molecule has 0 radical (unpaired) electrons. The van der Waals surface area contributed by atoms with Crippen LogP contribution in [-0.4, -0.2) is 27.0 Å². The molecule has 0 saturated carbocycles. The molecule has 0 atom stereocenters. The number of ether oxygens (including phenoxy) is 1. The summed E-state index contributed by atoms with van der Waals surface area (Å²) < 4.78 is 5.61. The van der Waals surface area contributed by atoms with Crippen molar-refractivity contribution in [3.05, 3.63) is 157 Å². The minimum Gasteiger partial charge on any atom is -0.496 e. The molecule has 0 unspecified atom stereocenters. The van der Waals surface area contributed by atoms with E-state index in [0.29, 0.717) is 19.6 Å². The lowest BCUT2D eigenvalue weighted by atomic mass is 10.1. The third kappa shape index (κ3) is 6.60. The number of nitrogens with zero attached hydrogens (tertiary/aromatic N) is 4. The molecule has 0 fully saturated rings. The molecule has 42 heavy (non-hydrogen) atoms. The normalized spacial score (nSPS) is 11.0. The van der Waals surface area contributed by atoms with Crippen molar-refractivity contribution in [2.24, 2.45) is 0 Å². The fourth-order valence-electron chi connectivity index (χ4n) is 5.10. The second-order valence-corrected chi connectivity index (χ2v) is 10.1. The van der Waals surface area contributed by atoms with Crippen molar-refractivity contribution < 1.29 is 4.74 Å². The highest BCUT2D eigenvalue weighted by Crippen LogP contribution is 2.28. The van der Waals surface area contributed by atoms with E-state index in [9.17, 15) is 0 Å². The monoisotopic (exact) mass is 548 g/mol. The zero-order valence-corrected chi connectivity index (χ0v) is 23.6. The highest BCUT2D eigenvalue weighted by molar-refractivity contribution is 5.67. The summed E-state index contributed by atoms with van der Waals surface area (Å²) in [5.41, 5.74) is 8.97. The molecular weight excluding hydrogens is 516 g/mol. The van der Waals surface area contributed by atoms with Crippen LogP contribution < -0.4 is 4.74 Å². The number of aromatic nitrogens is 3. The van der Waals surface area contributed by atoms with Crippen molar-refractivity contribution in [1.82, 2.24) is 19.9 Å². The smallest absolute Gasteiger partial charge is 0.128 e. The predicted molar refractivity (Wildman–Crippen MR) is 169 cm³/mol.